The van der Waals surface area contributed by atoms with Gasteiger partial charge in [-0.1, -0.05) is 13.8 Å². The molecule has 2 saturated heterocycles. The van der Waals surface area contributed by atoms with E-state index in [-0.39, 0.29) is 11.2 Å². The molecule has 2 rings (SSSR count). The van der Waals surface area contributed by atoms with E-state index in [1.54, 1.807) is 4.31 Å². The molecule has 2 heterocycles. The molecule has 0 unspecified atom stereocenters. The van der Waals surface area contributed by atoms with Gasteiger partial charge in [0.1, 0.15) is 6.29 Å². The molecule has 112 valence electrons. The zero-order valence-electron chi connectivity index (χ0n) is 12.0. The summed E-state index contributed by atoms with van der Waals surface area (Å²) in [6, 6.07) is 0. The monoisotopic (exact) mass is 290 g/mol. The van der Waals surface area contributed by atoms with Crippen molar-refractivity contribution in [2.45, 2.75) is 44.8 Å². The fourth-order valence-corrected chi connectivity index (χ4v) is 4.54. The third-order valence-electron chi connectivity index (χ3n) is 3.76. The van der Waals surface area contributed by atoms with Gasteiger partial charge in [0.2, 0.25) is 10.0 Å². The van der Waals surface area contributed by atoms with Crippen LogP contribution in [0.3, 0.4) is 0 Å². The molecule has 0 amide bonds. The average molecular weight is 290 g/mol. The van der Waals surface area contributed by atoms with Gasteiger partial charge in [0.15, 0.2) is 0 Å². The van der Waals surface area contributed by atoms with Crippen LogP contribution in [0, 0.1) is 5.92 Å². The molecule has 0 aromatic heterocycles. The molecule has 5 nitrogen and oxygen atoms in total. The Kier molecular flexibility index (Phi) is 6.96. The highest BCUT2D eigenvalue weighted by atomic mass is 32.2. The molecule has 2 aliphatic heterocycles. The smallest absolute Gasteiger partial charge is 0.217 e. The average Bonchev–Trinajstić information content (AvgIpc) is 2.50. The van der Waals surface area contributed by atoms with Gasteiger partial charge in [-0.2, -0.15) is 0 Å². The maximum atomic E-state index is 12.3. The third kappa shape index (κ3) is 4.26. The molecule has 2 fully saturated rings. The molecule has 0 aromatic rings. The van der Waals surface area contributed by atoms with Gasteiger partial charge in [-0.3, -0.25) is 0 Å². The molecular formula is C13H26N2O3S. The highest BCUT2D eigenvalue weighted by Gasteiger charge is 2.34. The number of rotatable bonds is 3. The predicted octanol–water partition coefficient (Wildman–Crippen LogP) is 1.01. The van der Waals surface area contributed by atoms with E-state index in [4.69, 9.17) is 0 Å². The van der Waals surface area contributed by atoms with Crippen molar-refractivity contribution in [3.8, 4) is 0 Å². The zero-order chi connectivity index (χ0) is 14.3. The second-order valence-electron chi connectivity index (χ2n) is 4.87. The van der Waals surface area contributed by atoms with Crippen LogP contribution in [-0.2, 0) is 14.8 Å². The molecule has 0 aliphatic carbocycles. The minimum atomic E-state index is -3.14. The molecule has 0 radical (unpaired) electrons. The molecule has 19 heavy (non-hydrogen) atoms. The van der Waals surface area contributed by atoms with Crippen LogP contribution in [0.15, 0.2) is 0 Å². The number of aldehydes is 1. The lowest BCUT2D eigenvalue weighted by atomic mass is 10.0. The number of carbonyl (C=O) groups excluding carboxylic acids is 1. The van der Waals surface area contributed by atoms with E-state index in [9.17, 15) is 13.2 Å². The summed E-state index contributed by atoms with van der Waals surface area (Å²) in [5, 5.41) is 2.95. The molecular weight excluding hydrogens is 264 g/mol. The molecule has 0 atom stereocenters. The van der Waals surface area contributed by atoms with E-state index in [1.165, 1.54) is 0 Å². The van der Waals surface area contributed by atoms with E-state index >= 15 is 0 Å². The Morgan fingerprint density at radius 2 is 1.58 bits per heavy atom. The van der Waals surface area contributed by atoms with Crippen LogP contribution in [0.4, 0.5) is 0 Å². The maximum Gasteiger partial charge on any atom is 0.217 e. The number of hydrogen-bond acceptors (Lipinski definition) is 4. The number of nitrogens with one attached hydrogen (secondary N) is 1. The fourth-order valence-electron chi connectivity index (χ4n) is 2.57. The topological polar surface area (TPSA) is 66.5 Å². The first-order chi connectivity index (χ1) is 9.14. The summed E-state index contributed by atoms with van der Waals surface area (Å²) in [5.74, 6) is 0.0504. The molecule has 1 N–H and O–H groups in total. The predicted molar refractivity (Wildman–Crippen MR) is 76.5 cm³/mol. The molecule has 0 saturated carbocycles. The van der Waals surface area contributed by atoms with Gasteiger partial charge in [0.25, 0.3) is 0 Å². The molecule has 0 bridgehead atoms. The van der Waals surface area contributed by atoms with Crippen molar-refractivity contribution in [1.82, 2.24) is 9.62 Å². The van der Waals surface area contributed by atoms with Crippen LogP contribution in [0.1, 0.15) is 39.5 Å². The quantitative estimate of drug-likeness (QED) is 0.788. The Labute approximate surface area is 116 Å². The minimum Gasteiger partial charge on any atom is -0.317 e. The number of piperidine rings is 2. The Balaban J connectivity index is 0.000000861. The summed E-state index contributed by atoms with van der Waals surface area (Å²) >= 11 is 0. The highest BCUT2D eigenvalue weighted by Crippen LogP contribution is 2.23. The van der Waals surface area contributed by atoms with Crippen molar-refractivity contribution in [2.24, 2.45) is 5.92 Å². The second kappa shape index (κ2) is 7.97. The van der Waals surface area contributed by atoms with Crippen molar-refractivity contribution in [3.63, 3.8) is 0 Å². The Morgan fingerprint density at radius 3 is 2.05 bits per heavy atom. The Hall–Kier alpha value is -0.460. The first kappa shape index (κ1) is 16.6. The molecule has 6 heteroatoms. The van der Waals surface area contributed by atoms with Crippen molar-refractivity contribution in [2.75, 3.05) is 26.2 Å². The highest BCUT2D eigenvalue weighted by molar-refractivity contribution is 7.89. The van der Waals surface area contributed by atoms with Crippen molar-refractivity contribution < 1.29 is 13.2 Å². The van der Waals surface area contributed by atoms with Gasteiger partial charge < -0.3 is 10.1 Å². The van der Waals surface area contributed by atoms with Crippen LogP contribution in [0.2, 0.25) is 0 Å². The normalized spacial score (nSPS) is 23.5. The van der Waals surface area contributed by atoms with E-state index in [1.807, 2.05) is 13.8 Å². The van der Waals surface area contributed by atoms with Crippen molar-refractivity contribution in [3.05, 3.63) is 0 Å². The van der Waals surface area contributed by atoms with Crippen LogP contribution in [0.5, 0.6) is 0 Å². The third-order valence-corrected chi connectivity index (χ3v) is 6.16. The molecule has 0 aromatic carbocycles. The summed E-state index contributed by atoms with van der Waals surface area (Å²) in [6.07, 6.45) is 3.71. The van der Waals surface area contributed by atoms with Crippen molar-refractivity contribution in [1.29, 1.82) is 0 Å². The number of sulfonamides is 1. The van der Waals surface area contributed by atoms with Crippen LogP contribution in [-0.4, -0.2) is 50.4 Å². The van der Waals surface area contributed by atoms with E-state index < -0.39 is 10.0 Å². The first-order valence-corrected chi connectivity index (χ1v) is 8.80. The lowest BCUT2D eigenvalue weighted by Crippen LogP contribution is -2.46. The zero-order valence-corrected chi connectivity index (χ0v) is 12.8. The van der Waals surface area contributed by atoms with E-state index in [2.05, 4.69) is 5.32 Å². The first-order valence-electron chi connectivity index (χ1n) is 7.29. The summed E-state index contributed by atoms with van der Waals surface area (Å²) in [5.41, 5.74) is 0. The SMILES string of the molecule is CC.O=CC1CCN(S(=O)(=O)C2CCNCC2)CC1. The number of hydrogen-bond donors (Lipinski definition) is 1. The van der Waals surface area contributed by atoms with Gasteiger partial charge in [-0.15, -0.1) is 0 Å². The van der Waals surface area contributed by atoms with E-state index in [0.29, 0.717) is 38.8 Å². The fraction of sp³-hybridized carbons (Fsp3) is 0.923. The van der Waals surface area contributed by atoms with Crippen LogP contribution in [0.25, 0.3) is 0 Å². The molecule has 0 spiro atoms. The Bertz CT molecular complexity index is 356. The summed E-state index contributed by atoms with van der Waals surface area (Å²) < 4.78 is 26.3. The van der Waals surface area contributed by atoms with E-state index in [0.717, 1.165) is 19.4 Å². The summed E-state index contributed by atoms with van der Waals surface area (Å²) in [6.45, 7) is 6.59. The van der Waals surface area contributed by atoms with Crippen molar-refractivity contribution >= 4 is 16.3 Å². The van der Waals surface area contributed by atoms with Gasteiger partial charge in [-0.25, -0.2) is 12.7 Å². The molecule has 2 aliphatic rings. The largest absolute Gasteiger partial charge is 0.317 e. The lowest BCUT2D eigenvalue weighted by molar-refractivity contribution is -0.112. The van der Waals surface area contributed by atoms with Gasteiger partial charge in [0, 0.05) is 19.0 Å². The van der Waals surface area contributed by atoms with Gasteiger partial charge >= 0.3 is 0 Å². The number of nitrogens with zero attached hydrogens (tertiary/aromatic N) is 1. The van der Waals surface area contributed by atoms with Gasteiger partial charge in [-0.05, 0) is 38.8 Å². The minimum absolute atomic E-state index is 0.0504. The lowest BCUT2D eigenvalue weighted by Gasteiger charge is -2.33. The van der Waals surface area contributed by atoms with Gasteiger partial charge in [0.05, 0.1) is 5.25 Å². The number of carbonyl (C=O) groups is 1. The maximum absolute atomic E-state index is 12.3. The Morgan fingerprint density at radius 1 is 1.05 bits per heavy atom. The standard InChI is InChI=1S/C11H20N2O3S.C2H6/c14-9-10-3-7-13(8-4-10)17(15,16)11-1-5-12-6-2-11;1-2/h9-12H,1-8H2;1-2H3. The summed E-state index contributed by atoms with van der Waals surface area (Å²) in [7, 11) is -3.14. The van der Waals surface area contributed by atoms with Crippen LogP contribution >= 0.6 is 0 Å². The second-order valence-corrected chi connectivity index (χ2v) is 7.08. The van der Waals surface area contributed by atoms with Crippen LogP contribution < -0.4 is 5.32 Å². The summed E-state index contributed by atoms with van der Waals surface area (Å²) in [4.78, 5) is 10.6.